The SMILES string of the molecule is CCOC(=O)c1nnn(CCc2ccccc2)c1C1CC1. The molecule has 1 fully saturated rings. The number of hydrogen-bond donors (Lipinski definition) is 0. The minimum absolute atomic E-state index is 0.356. The number of aryl methyl sites for hydroxylation is 2. The first-order valence-electron chi connectivity index (χ1n) is 7.44. The van der Waals surface area contributed by atoms with Crippen LogP contribution in [0.2, 0.25) is 0 Å². The number of carbonyl (C=O) groups excluding carboxylic acids is 1. The summed E-state index contributed by atoms with van der Waals surface area (Å²) >= 11 is 0. The minimum Gasteiger partial charge on any atom is -0.461 e. The summed E-state index contributed by atoms with van der Waals surface area (Å²) in [6, 6.07) is 10.3. The predicted octanol–water partition coefficient (Wildman–Crippen LogP) is 2.57. The van der Waals surface area contributed by atoms with Gasteiger partial charge >= 0.3 is 5.97 Å². The zero-order valence-corrected chi connectivity index (χ0v) is 12.2. The smallest absolute Gasteiger partial charge is 0.360 e. The molecule has 1 aliphatic rings. The van der Waals surface area contributed by atoms with E-state index < -0.39 is 0 Å². The second kappa shape index (κ2) is 6.08. The summed E-state index contributed by atoms with van der Waals surface area (Å²) < 4.78 is 6.94. The lowest BCUT2D eigenvalue weighted by Gasteiger charge is -2.07. The molecule has 1 aromatic carbocycles. The van der Waals surface area contributed by atoms with E-state index in [-0.39, 0.29) is 5.97 Å². The van der Waals surface area contributed by atoms with Crippen molar-refractivity contribution in [2.45, 2.75) is 38.6 Å². The molecule has 2 aromatic rings. The molecule has 0 aliphatic heterocycles. The highest BCUT2D eigenvalue weighted by Crippen LogP contribution is 2.41. The summed E-state index contributed by atoms with van der Waals surface area (Å²) in [5, 5.41) is 8.21. The molecular formula is C16H19N3O2. The molecule has 5 heteroatoms. The highest BCUT2D eigenvalue weighted by atomic mass is 16.5. The van der Waals surface area contributed by atoms with Crippen LogP contribution in [0, 0.1) is 0 Å². The molecule has 110 valence electrons. The fourth-order valence-corrected chi connectivity index (χ4v) is 2.47. The molecule has 0 unspecified atom stereocenters. The van der Waals surface area contributed by atoms with Gasteiger partial charge in [0.25, 0.3) is 0 Å². The monoisotopic (exact) mass is 285 g/mol. The molecule has 1 aliphatic carbocycles. The van der Waals surface area contributed by atoms with Gasteiger partial charge in [0.05, 0.1) is 12.3 Å². The van der Waals surface area contributed by atoms with E-state index in [9.17, 15) is 4.79 Å². The van der Waals surface area contributed by atoms with Gasteiger partial charge in [0.15, 0.2) is 5.69 Å². The van der Waals surface area contributed by atoms with Gasteiger partial charge in [-0.25, -0.2) is 9.48 Å². The number of esters is 1. The summed E-state index contributed by atoms with van der Waals surface area (Å²) in [7, 11) is 0. The number of aromatic nitrogens is 3. The average Bonchev–Trinajstić information content (AvgIpc) is 3.26. The maximum atomic E-state index is 11.9. The van der Waals surface area contributed by atoms with Gasteiger partial charge < -0.3 is 4.74 Å². The van der Waals surface area contributed by atoms with Crippen LogP contribution in [0.15, 0.2) is 30.3 Å². The first-order chi connectivity index (χ1) is 10.3. The van der Waals surface area contributed by atoms with E-state index in [0.29, 0.717) is 18.2 Å². The topological polar surface area (TPSA) is 57.0 Å². The zero-order valence-electron chi connectivity index (χ0n) is 12.2. The van der Waals surface area contributed by atoms with Crippen molar-refractivity contribution < 1.29 is 9.53 Å². The highest BCUT2D eigenvalue weighted by molar-refractivity contribution is 5.88. The third-order valence-electron chi connectivity index (χ3n) is 3.66. The number of hydrogen-bond acceptors (Lipinski definition) is 4. The molecule has 0 bridgehead atoms. The Bertz CT molecular complexity index is 618. The van der Waals surface area contributed by atoms with Gasteiger partial charge in [-0.3, -0.25) is 0 Å². The van der Waals surface area contributed by atoms with Gasteiger partial charge in [-0.2, -0.15) is 0 Å². The second-order valence-corrected chi connectivity index (χ2v) is 5.28. The standard InChI is InChI=1S/C16H19N3O2/c1-2-21-16(20)14-15(13-8-9-13)19(18-17-14)11-10-12-6-4-3-5-7-12/h3-7,13H,2,8-11H2,1H3. The molecule has 0 atom stereocenters. The van der Waals surface area contributed by atoms with Crippen LogP contribution in [0.4, 0.5) is 0 Å². The van der Waals surface area contributed by atoms with Crippen molar-refractivity contribution in [3.8, 4) is 0 Å². The first-order valence-corrected chi connectivity index (χ1v) is 7.44. The van der Waals surface area contributed by atoms with E-state index in [4.69, 9.17) is 4.74 Å². The maximum Gasteiger partial charge on any atom is 0.360 e. The Balaban J connectivity index is 1.77. The third kappa shape index (κ3) is 3.12. The Hall–Kier alpha value is -2.17. The van der Waals surface area contributed by atoms with Crippen molar-refractivity contribution in [1.29, 1.82) is 0 Å². The van der Waals surface area contributed by atoms with Crippen molar-refractivity contribution >= 4 is 5.97 Å². The molecule has 0 spiro atoms. The predicted molar refractivity (Wildman–Crippen MR) is 78.1 cm³/mol. The Morgan fingerprint density at radius 3 is 2.76 bits per heavy atom. The summed E-state index contributed by atoms with van der Waals surface area (Å²) in [6.45, 7) is 2.90. The maximum absolute atomic E-state index is 11.9. The van der Waals surface area contributed by atoms with Crippen LogP contribution in [-0.4, -0.2) is 27.6 Å². The summed E-state index contributed by atoms with van der Waals surface area (Å²) in [4.78, 5) is 11.9. The third-order valence-corrected chi connectivity index (χ3v) is 3.66. The lowest BCUT2D eigenvalue weighted by molar-refractivity contribution is 0.0518. The summed E-state index contributed by atoms with van der Waals surface area (Å²) in [5.41, 5.74) is 2.60. The first kappa shape index (κ1) is 13.8. The number of nitrogens with zero attached hydrogens (tertiary/aromatic N) is 3. The van der Waals surface area contributed by atoms with E-state index >= 15 is 0 Å². The van der Waals surface area contributed by atoms with Crippen molar-refractivity contribution in [1.82, 2.24) is 15.0 Å². The number of benzene rings is 1. The van der Waals surface area contributed by atoms with Crippen LogP contribution < -0.4 is 0 Å². The van der Waals surface area contributed by atoms with Crippen LogP contribution in [0.1, 0.15) is 47.4 Å². The molecule has 1 saturated carbocycles. The van der Waals surface area contributed by atoms with Gasteiger partial charge in [-0.05, 0) is 31.7 Å². The van der Waals surface area contributed by atoms with E-state index in [1.165, 1.54) is 5.56 Å². The van der Waals surface area contributed by atoms with Crippen LogP contribution in [-0.2, 0) is 17.7 Å². The van der Waals surface area contributed by atoms with E-state index in [1.54, 1.807) is 6.92 Å². The van der Waals surface area contributed by atoms with Gasteiger partial charge in [-0.15, -0.1) is 5.10 Å². The quantitative estimate of drug-likeness (QED) is 0.765. The molecule has 0 saturated heterocycles. The molecule has 1 aromatic heterocycles. The van der Waals surface area contributed by atoms with Crippen LogP contribution in [0.3, 0.4) is 0 Å². The fourth-order valence-electron chi connectivity index (χ4n) is 2.47. The fraction of sp³-hybridized carbons (Fsp3) is 0.438. The minimum atomic E-state index is -0.356. The molecule has 5 nitrogen and oxygen atoms in total. The molecule has 0 amide bonds. The van der Waals surface area contributed by atoms with Crippen LogP contribution in [0.5, 0.6) is 0 Å². The van der Waals surface area contributed by atoms with Crippen molar-refractivity contribution in [2.75, 3.05) is 6.61 Å². The number of rotatable bonds is 6. The van der Waals surface area contributed by atoms with Crippen LogP contribution in [0.25, 0.3) is 0 Å². The zero-order chi connectivity index (χ0) is 14.7. The van der Waals surface area contributed by atoms with Crippen molar-refractivity contribution in [3.05, 3.63) is 47.3 Å². The second-order valence-electron chi connectivity index (χ2n) is 5.28. The van der Waals surface area contributed by atoms with Crippen molar-refractivity contribution in [3.63, 3.8) is 0 Å². The Morgan fingerprint density at radius 1 is 1.33 bits per heavy atom. The Morgan fingerprint density at radius 2 is 2.10 bits per heavy atom. The molecule has 0 N–H and O–H groups in total. The molecule has 1 heterocycles. The average molecular weight is 285 g/mol. The number of carbonyl (C=O) groups is 1. The van der Waals surface area contributed by atoms with E-state index in [0.717, 1.165) is 31.5 Å². The molecule has 3 rings (SSSR count). The van der Waals surface area contributed by atoms with Gasteiger partial charge in [0.2, 0.25) is 0 Å². The molecular weight excluding hydrogens is 266 g/mol. The summed E-state index contributed by atoms with van der Waals surface area (Å²) in [6.07, 6.45) is 3.09. The van der Waals surface area contributed by atoms with Gasteiger partial charge in [0.1, 0.15) is 0 Å². The highest BCUT2D eigenvalue weighted by Gasteiger charge is 2.34. The molecule has 21 heavy (non-hydrogen) atoms. The normalized spacial score (nSPS) is 14.1. The van der Waals surface area contributed by atoms with Crippen molar-refractivity contribution in [2.24, 2.45) is 0 Å². The van der Waals surface area contributed by atoms with Crippen LogP contribution >= 0.6 is 0 Å². The van der Waals surface area contributed by atoms with E-state index in [1.807, 2.05) is 22.9 Å². The lowest BCUT2D eigenvalue weighted by Crippen LogP contribution is -2.11. The summed E-state index contributed by atoms with van der Waals surface area (Å²) in [5.74, 6) is 0.0561. The molecule has 0 radical (unpaired) electrons. The largest absolute Gasteiger partial charge is 0.461 e. The Kier molecular flexibility index (Phi) is 3.99. The lowest BCUT2D eigenvalue weighted by atomic mass is 10.1. The Labute approximate surface area is 123 Å². The number of ether oxygens (including phenoxy) is 1. The van der Waals surface area contributed by atoms with Gasteiger partial charge in [-0.1, -0.05) is 35.5 Å². The van der Waals surface area contributed by atoms with E-state index in [2.05, 4.69) is 22.4 Å². The van der Waals surface area contributed by atoms with Gasteiger partial charge in [0, 0.05) is 12.5 Å².